The van der Waals surface area contributed by atoms with Crippen LogP contribution in [0.2, 0.25) is 0 Å². The van der Waals surface area contributed by atoms with Crippen LogP contribution in [0.15, 0.2) is 48.1 Å². The zero-order chi connectivity index (χ0) is 14.9. The van der Waals surface area contributed by atoms with Gasteiger partial charge >= 0.3 is 0 Å². The monoisotopic (exact) mass is 327 g/mol. The van der Waals surface area contributed by atoms with Crippen molar-refractivity contribution in [1.82, 2.24) is 19.6 Å². The highest BCUT2D eigenvalue weighted by molar-refractivity contribution is 7.22. The predicted molar refractivity (Wildman–Crippen MR) is 86.4 cm³/mol. The third-order valence-corrected chi connectivity index (χ3v) is 5.04. The number of nitrogens with zero attached hydrogens (tertiary/aromatic N) is 4. The Kier molecular flexibility index (Phi) is 3.17. The molecule has 4 aromatic rings. The lowest BCUT2D eigenvalue weighted by Crippen LogP contribution is -2.12. The Labute approximate surface area is 133 Å². The van der Waals surface area contributed by atoms with E-state index in [4.69, 9.17) is 0 Å². The highest BCUT2D eigenvalue weighted by atomic mass is 32.1. The Balaban J connectivity index is 1.60. The van der Waals surface area contributed by atoms with E-state index in [0.29, 0.717) is 16.5 Å². The lowest BCUT2D eigenvalue weighted by atomic mass is 10.5. The van der Waals surface area contributed by atoms with E-state index >= 15 is 0 Å². The molecule has 0 fully saturated rings. The van der Waals surface area contributed by atoms with Crippen molar-refractivity contribution < 1.29 is 4.79 Å². The van der Waals surface area contributed by atoms with Gasteiger partial charge in [0.05, 0.1) is 11.1 Å². The molecule has 0 spiro atoms. The van der Waals surface area contributed by atoms with Crippen molar-refractivity contribution in [2.45, 2.75) is 0 Å². The number of fused-ring (bicyclic) bond motifs is 1. The number of pyridine rings is 1. The number of carbonyl (C=O) groups excluding carboxylic acids is 1. The molecule has 0 aromatic carbocycles. The SMILES string of the molecule is O=C(Nc1nnc2ccccn12)c1cnc(-c2cccs2)s1. The van der Waals surface area contributed by atoms with E-state index in [1.165, 1.54) is 11.3 Å². The van der Waals surface area contributed by atoms with E-state index in [0.717, 1.165) is 9.88 Å². The van der Waals surface area contributed by atoms with E-state index < -0.39 is 0 Å². The molecule has 0 aliphatic carbocycles. The molecule has 6 nitrogen and oxygen atoms in total. The maximum absolute atomic E-state index is 12.3. The normalized spacial score (nSPS) is 10.9. The number of nitrogens with one attached hydrogen (secondary N) is 1. The molecule has 4 heterocycles. The fourth-order valence-corrected chi connectivity index (χ4v) is 3.60. The van der Waals surface area contributed by atoms with Crippen LogP contribution in [-0.4, -0.2) is 25.5 Å². The van der Waals surface area contributed by atoms with Crippen molar-refractivity contribution in [2.75, 3.05) is 5.32 Å². The Morgan fingerprint density at radius 1 is 1.18 bits per heavy atom. The molecule has 0 saturated carbocycles. The van der Waals surface area contributed by atoms with Crippen molar-refractivity contribution in [3.8, 4) is 9.88 Å². The van der Waals surface area contributed by atoms with E-state index in [1.807, 2.05) is 35.7 Å². The van der Waals surface area contributed by atoms with Crippen molar-refractivity contribution in [3.05, 3.63) is 53.0 Å². The summed E-state index contributed by atoms with van der Waals surface area (Å²) in [5.74, 6) is 0.158. The highest BCUT2D eigenvalue weighted by Gasteiger charge is 2.15. The zero-order valence-corrected chi connectivity index (χ0v) is 12.8. The first kappa shape index (κ1) is 13.1. The smallest absolute Gasteiger partial charge is 0.269 e. The molecular formula is C14H9N5OS2. The number of thiazole rings is 1. The van der Waals surface area contributed by atoms with Crippen LogP contribution in [0.4, 0.5) is 5.95 Å². The molecule has 0 saturated heterocycles. The third kappa shape index (κ3) is 2.28. The number of thiophene rings is 1. The van der Waals surface area contributed by atoms with Crippen LogP contribution in [0.3, 0.4) is 0 Å². The molecule has 4 rings (SSSR count). The summed E-state index contributed by atoms with van der Waals surface area (Å²) in [6, 6.07) is 9.49. The minimum Gasteiger partial charge on any atom is -0.289 e. The molecule has 0 bridgehead atoms. The second-order valence-electron chi connectivity index (χ2n) is 4.41. The first-order valence-electron chi connectivity index (χ1n) is 6.42. The fraction of sp³-hybridized carbons (Fsp3) is 0. The number of hydrogen-bond acceptors (Lipinski definition) is 6. The van der Waals surface area contributed by atoms with Gasteiger partial charge in [0.2, 0.25) is 5.95 Å². The van der Waals surface area contributed by atoms with Crippen LogP contribution in [0.1, 0.15) is 9.67 Å². The van der Waals surface area contributed by atoms with Crippen LogP contribution >= 0.6 is 22.7 Å². The number of anilines is 1. The van der Waals surface area contributed by atoms with Crippen LogP contribution < -0.4 is 5.32 Å². The van der Waals surface area contributed by atoms with Crippen molar-refractivity contribution in [3.63, 3.8) is 0 Å². The molecule has 0 unspecified atom stereocenters. The first-order valence-corrected chi connectivity index (χ1v) is 8.12. The van der Waals surface area contributed by atoms with Gasteiger partial charge in [0.15, 0.2) is 5.65 Å². The van der Waals surface area contributed by atoms with Gasteiger partial charge in [-0.1, -0.05) is 12.1 Å². The topological polar surface area (TPSA) is 72.2 Å². The Hall–Kier alpha value is -2.58. The van der Waals surface area contributed by atoms with Crippen LogP contribution in [0, 0.1) is 0 Å². The minimum atomic E-state index is -0.238. The van der Waals surface area contributed by atoms with Gasteiger partial charge in [-0.3, -0.25) is 14.5 Å². The molecule has 0 atom stereocenters. The van der Waals surface area contributed by atoms with Crippen LogP contribution in [-0.2, 0) is 0 Å². The average molecular weight is 327 g/mol. The van der Waals surface area contributed by atoms with Gasteiger partial charge in [0, 0.05) is 6.20 Å². The standard InChI is InChI=1S/C14H9N5OS2/c20-12(10-8-15-13(22-10)9-4-3-7-21-9)16-14-18-17-11-5-1-2-6-19(11)14/h1-8H,(H,16,18,20). The lowest BCUT2D eigenvalue weighted by Gasteiger charge is -2.00. The van der Waals surface area contributed by atoms with E-state index in [1.54, 1.807) is 28.1 Å². The fourth-order valence-electron chi connectivity index (χ4n) is 1.98. The predicted octanol–water partition coefficient (Wildman–Crippen LogP) is 3.17. The molecule has 0 radical (unpaired) electrons. The molecule has 8 heteroatoms. The highest BCUT2D eigenvalue weighted by Crippen LogP contribution is 2.29. The van der Waals surface area contributed by atoms with Crippen molar-refractivity contribution >= 4 is 40.2 Å². The second-order valence-corrected chi connectivity index (χ2v) is 6.39. The summed E-state index contributed by atoms with van der Waals surface area (Å²) < 4.78 is 1.72. The lowest BCUT2D eigenvalue weighted by molar-refractivity contribution is 0.102. The largest absolute Gasteiger partial charge is 0.289 e. The van der Waals surface area contributed by atoms with Crippen LogP contribution in [0.25, 0.3) is 15.5 Å². The van der Waals surface area contributed by atoms with E-state index in [9.17, 15) is 4.79 Å². The molecule has 22 heavy (non-hydrogen) atoms. The summed E-state index contributed by atoms with van der Waals surface area (Å²) in [6.07, 6.45) is 3.38. The summed E-state index contributed by atoms with van der Waals surface area (Å²) in [4.78, 5) is 18.2. The maximum atomic E-state index is 12.3. The Bertz CT molecular complexity index is 941. The van der Waals surface area contributed by atoms with Crippen molar-refractivity contribution in [2.24, 2.45) is 0 Å². The quantitative estimate of drug-likeness (QED) is 0.627. The van der Waals surface area contributed by atoms with Gasteiger partial charge in [-0.05, 0) is 23.6 Å². The van der Waals surface area contributed by atoms with Gasteiger partial charge in [-0.15, -0.1) is 32.9 Å². The zero-order valence-electron chi connectivity index (χ0n) is 11.1. The summed E-state index contributed by atoms with van der Waals surface area (Å²) >= 11 is 2.95. The van der Waals surface area contributed by atoms with Gasteiger partial charge in [0.25, 0.3) is 5.91 Å². The molecule has 0 aliphatic heterocycles. The summed E-state index contributed by atoms with van der Waals surface area (Å²) in [6.45, 7) is 0. The van der Waals surface area contributed by atoms with E-state index in [2.05, 4.69) is 20.5 Å². The summed E-state index contributed by atoms with van der Waals surface area (Å²) in [5.41, 5.74) is 0.682. The van der Waals surface area contributed by atoms with Gasteiger partial charge in [0.1, 0.15) is 9.88 Å². The molecule has 108 valence electrons. The molecule has 4 aromatic heterocycles. The molecule has 0 aliphatic rings. The molecular weight excluding hydrogens is 318 g/mol. The Morgan fingerprint density at radius 3 is 3.00 bits per heavy atom. The Morgan fingerprint density at radius 2 is 2.14 bits per heavy atom. The third-order valence-electron chi connectivity index (χ3n) is 3.00. The number of carbonyl (C=O) groups is 1. The second kappa shape index (κ2) is 5.32. The van der Waals surface area contributed by atoms with Gasteiger partial charge in [-0.2, -0.15) is 0 Å². The maximum Gasteiger partial charge on any atom is 0.269 e. The molecule has 1 amide bonds. The average Bonchev–Trinajstić information content (AvgIpc) is 3.28. The van der Waals surface area contributed by atoms with Gasteiger partial charge < -0.3 is 0 Å². The number of rotatable bonds is 3. The van der Waals surface area contributed by atoms with Crippen LogP contribution in [0.5, 0.6) is 0 Å². The minimum absolute atomic E-state index is 0.238. The molecule has 1 N–H and O–H groups in total. The van der Waals surface area contributed by atoms with Crippen molar-refractivity contribution in [1.29, 1.82) is 0 Å². The number of amides is 1. The van der Waals surface area contributed by atoms with E-state index in [-0.39, 0.29) is 5.91 Å². The first-order chi connectivity index (χ1) is 10.8. The summed E-state index contributed by atoms with van der Waals surface area (Å²) in [7, 11) is 0. The number of aromatic nitrogens is 4. The number of hydrogen-bond donors (Lipinski definition) is 1. The summed E-state index contributed by atoms with van der Waals surface area (Å²) in [5, 5.41) is 13.6. The van der Waals surface area contributed by atoms with Gasteiger partial charge in [-0.25, -0.2) is 4.98 Å².